The summed E-state index contributed by atoms with van der Waals surface area (Å²) in [5, 5.41) is 0. The minimum atomic E-state index is -1.35. The van der Waals surface area contributed by atoms with Crippen LogP contribution in [0, 0.1) is 34.7 Å². The van der Waals surface area contributed by atoms with E-state index in [-0.39, 0.29) is 0 Å². The molecule has 2 aliphatic rings. The fourth-order valence-electron chi connectivity index (χ4n) is 5.38. The van der Waals surface area contributed by atoms with E-state index in [4.69, 9.17) is 0 Å². The molecule has 25 heavy (non-hydrogen) atoms. The van der Waals surface area contributed by atoms with E-state index in [1.807, 2.05) is 0 Å². The Morgan fingerprint density at radius 3 is 2.08 bits per heavy atom. The maximum Gasteiger partial charge on any atom is 0.194 e. The molecule has 3 rings (SSSR count). The summed E-state index contributed by atoms with van der Waals surface area (Å²) in [5.41, 5.74) is 0.928. The van der Waals surface area contributed by atoms with Crippen molar-refractivity contribution in [1.29, 1.82) is 0 Å². The lowest BCUT2D eigenvalue weighted by Gasteiger charge is -2.47. The third kappa shape index (κ3) is 4.23. The molecule has 0 aromatic heterocycles. The van der Waals surface area contributed by atoms with Crippen LogP contribution >= 0.6 is 0 Å². The molecule has 140 valence electrons. The maximum absolute atomic E-state index is 13.5. The minimum Gasteiger partial charge on any atom is -0.204 e. The Morgan fingerprint density at radius 1 is 0.920 bits per heavy atom. The predicted molar refractivity (Wildman–Crippen MR) is 95.9 cm³/mol. The van der Waals surface area contributed by atoms with E-state index >= 15 is 0 Å². The maximum atomic E-state index is 13.5. The van der Waals surface area contributed by atoms with Gasteiger partial charge in [-0.1, -0.05) is 32.6 Å². The number of hydrogen-bond acceptors (Lipinski definition) is 0. The Morgan fingerprint density at radius 2 is 1.52 bits per heavy atom. The van der Waals surface area contributed by atoms with Crippen LogP contribution in [0.2, 0.25) is 0 Å². The van der Waals surface area contributed by atoms with Crippen molar-refractivity contribution >= 4 is 0 Å². The Hall–Kier alpha value is -0.990. The molecular formula is C22H31F3. The van der Waals surface area contributed by atoms with Crippen molar-refractivity contribution in [2.24, 2.45) is 17.3 Å². The molecule has 0 amide bonds. The zero-order chi connectivity index (χ0) is 17.9. The highest BCUT2D eigenvalue weighted by Crippen LogP contribution is 2.52. The third-order valence-corrected chi connectivity index (χ3v) is 7.10. The second kappa shape index (κ2) is 8.14. The number of halogens is 3. The van der Waals surface area contributed by atoms with E-state index in [1.54, 1.807) is 0 Å². The molecule has 2 saturated carbocycles. The summed E-state index contributed by atoms with van der Waals surface area (Å²) < 4.78 is 40.3. The molecule has 0 heterocycles. The van der Waals surface area contributed by atoms with Gasteiger partial charge in [-0.2, -0.15) is 0 Å². The van der Waals surface area contributed by atoms with Gasteiger partial charge in [0.2, 0.25) is 0 Å². The zero-order valence-electron chi connectivity index (χ0n) is 15.4. The van der Waals surface area contributed by atoms with E-state index < -0.39 is 17.5 Å². The fourth-order valence-corrected chi connectivity index (χ4v) is 5.38. The molecule has 0 unspecified atom stereocenters. The molecule has 2 aliphatic carbocycles. The first-order valence-corrected chi connectivity index (χ1v) is 10.2. The van der Waals surface area contributed by atoms with E-state index in [0.29, 0.717) is 17.4 Å². The van der Waals surface area contributed by atoms with Gasteiger partial charge in [-0.15, -0.1) is 0 Å². The van der Waals surface area contributed by atoms with Crippen molar-refractivity contribution in [3.63, 3.8) is 0 Å². The van der Waals surface area contributed by atoms with Crippen LogP contribution in [0.25, 0.3) is 0 Å². The van der Waals surface area contributed by atoms with Crippen LogP contribution < -0.4 is 0 Å². The first-order valence-electron chi connectivity index (χ1n) is 10.2. The standard InChI is InChI=1S/C22H31F3/c1-2-16-8-11-22(12-9-16,18-6-4-3-5-7-18)13-10-17-14-19(23)21(25)20(24)15-17/h14-16,18H,2-13H2,1H3. The van der Waals surface area contributed by atoms with Crippen LogP contribution in [0.4, 0.5) is 13.2 Å². The first-order chi connectivity index (χ1) is 12.0. The number of hydrogen-bond donors (Lipinski definition) is 0. The summed E-state index contributed by atoms with van der Waals surface area (Å²) in [6.45, 7) is 2.28. The smallest absolute Gasteiger partial charge is 0.194 e. The lowest BCUT2D eigenvalue weighted by molar-refractivity contribution is 0.0391. The van der Waals surface area contributed by atoms with Crippen LogP contribution in [0.15, 0.2) is 12.1 Å². The van der Waals surface area contributed by atoms with E-state index in [9.17, 15) is 13.2 Å². The molecule has 1 aromatic rings. The Balaban J connectivity index is 1.74. The number of aryl methyl sites for hydroxylation is 1. The van der Waals surface area contributed by atoms with Gasteiger partial charge < -0.3 is 0 Å². The van der Waals surface area contributed by atoms with Gasteiger partial charge in [0, 0.05) is 0 Å². The Labute approximate surface area is 150 Å². The van der Waals surface area contributed by atoms with Gasteiger partial charge in [0.25, 0.3) is 0 Å². The summed E-state index contributed by atoms with van der Waals surface area (Å²) >= 11 is 0. The summed E-state index contributed by atoms with van der Waals surface area (Å²) in [7, 11) is 0. The highest BCUT2D eigenvalue weighted by atomic mass is 19.2. The van der Waals surface area contributed by atoms with Crippen molar-refractivity contribution in [1.82, 2.24) is 0 Å². The van der Waals surface area contributed by atoms with Crippen LogP contribution in [0.3, 0.4) is 0 Å². The SMILES string of the molecule is CCC1CCC(CCc2cc(F)c(F)c(F)c2)(C2CCCCC2)CC1. The van der Waals surface area contributed by atoms with Crippen molar-refractivity contribution in [3.05, 3.63) is 35.1 Å². The zero-order valence-corrected chi connectivity index (χ0v) is 15.4. The van der Waals surface area contributed by atoms with Crippen molar-refractivity contribution in [3.8, 4) is 0 Å². The van der Waals surface area contributed by atoms with Crippen LogP contribution in [0.5, 0.6) is 0 Å². The van der Waals surface area contributed by atoms with Crippen molar-refractivity contribution in [2.75, 3.05) is 0 Å². The average Bonchev–Trinajstić information content (AvgIpc) is 2.65. The molecule has 0 nitrogen and oxygen atoms in total. The molecule has 0 N–H and O–H groups in total. The molecule has 1 aromatic carbocycles. The quantitative estimate of drug-likeness (QED) is 0.491. The van der Waals surface area contributed by atoms with E-state index in [2.05, 4.69) is 6.92 Å². The highest BCUT2D eigenvalue weighted by Gasteiger charge is 2.41. The van der Waals surface area contributed by atoms with Crippen molar-refractivity contribution in [2.45, 2.75) is 84.0 Å². The first kappa shape index (κ1) is 18.8. The molecule has 3 heteroatoms. The minimum absolute atomic E-state index is 0.327. The van der Waals surface area contributed by atoms with Crippen LogP contribution in [0.1, 0.15) is 83.1 Å². The Kier molecular flexibility index (Phi) is 6.12. The molecule has 0 saturated heterocycles. The number of benzene rings is 1. The lowest BCUT2D eigenvalue weighted by Crippen LogP contribution is -2.36. The van der Waals surface area contributed by atoms with Gasteiger partial charge in [-0.3, -0.25) is 0 Å². The van der Waals surface area contributed by atoms with E-state index in [0.717, 1.165) is 18.3 Å². The van der Waals surface area contributed by atoms with Crippen LogP contribution in [-0.2, 0) is 6.42 Å². The van der Waals surface area contributed by atoms with Gasteiger partial charge in [0.1, 0.15) is 0 Å². The molecule has 2 fully saturated rings. The lowest BCUT2D eigenvalue weighted by atomic mass is 9.58. The van der Waals surface area contributed by atoms with Gasteiger partial charge in [0.05, 0.1) is 0 Å². The largest absolute Gasteiger partial charge is 0.204 e. The summed E-state index contributed by atoms with van der Waals surface area (Å²) in [6.07, 6.45) is 14.6. The predicted octanol–water partition coefficient (Wildman–Crippen LogP) is 7.20. The van der Waals surface area contributed by atoms with Gasteiger partial charge in [-0.25, -0.2) is 13.2 Å². The summed E-state index contributed by atoms with van der Waals surface area (Å²) in [5.74, 6) is -1.87. The molecule has 0 atom stereocenters. The number of rotatable bonds is 5. The summed E-state index contributed by atoms with van der Waals surface area (Å²) in [6, 6.07) is 2.37. The van der Waals surface area contributed by atoms with Gasteiger partial charge in [0.15, 0.2) is 17.5 Å². The fraction of sp³-hybridized carbons (Fsp3) is 0.727. The Bertz CT molecular complexity index is 544. The average molecular weight is 352 g/mol. The third-order valence-electron chi connectivity index (χ3n) is 7.10. The second-order valence-corrected chi connectivity index (χ2v) is 8.42. The van der Waals surface area contributed by atoms with Gasteiger partial charge in [-0.05, 0) is 86.3 Å². The molecule has 0 aliphatic heterocycles. The molecule has 0 spiro atoms. The van der Waals surface area contributed by atoms with Crippen LogP contribution in [-0.4, -0.2) is 0 Å². The second-order valence-electron chi connectivity index (χ2n) is 8.42. The van der Waals surface area contributed by atoms with E-state index in [1.165, 1.54) is 76.3 Å². The highest BCUT2D eigenvalue weighted by molar-refractivity contribution is 5.20. The molecule has 0 radical (unpaired) electrons. The topological polar surface area (TPSA) is 0 Å². The molecular weight excluding hydrogens is 321 g/mol. The monoisotopic (exact) mass is 352 g/mol. The normalized spacial score (nSPS) is 28.2. The van der Waals surface area contributed by atoms with Gasteiger partial charge >= 0.3 is 0 Å². The molecule has 0 bridgehead atoms. The summed E-state index contributed by atoms with van der Waals surface area (Å²) in [4.78, 5) is 0. The van der Waals surface area contributed by atoms with Crippen molar-refractivity contribution < 1.29 is 13.2 Å².